The molecule has 0 radical (unpaired) electrons. The van der Waals surface area contributed by atoms with Crippen molar-refractivity contribution in [2.75, 3.05) is 175 Å². The standard InChI is InChI=1S/C31H66N12O5/c1-32-27(44)22-41(18-20-42(23-28(45)33-10-14-37(2)3)24-29(46)34-11-15-38(4)5)19-21-43(25-30(47)35-12-16-39(6)7)26-31(48)36-13-17-40(8)9/h10-26H2,1-9H3,(H,32,44)(H,33,45)(H,34,46)(H,35,47)(H,36,48). The van der Waals surface area contributed by atoms with Crippen molar-refractivity contribution in [3.05, 3.63) is 0 Å². The van der Waals surface area contributed by atoms with Crippen LogP contribution in [0.5, 0.6) is 0 Å². The highest BCUT2D eigenvalue weighted by Gasteiger charge is 2.20. The minimum atomic E-state index is -0.196. The maximum Gasteiger partial charge on any atom is 0.234 e. The monoisotopic (exact) mass is 687 g/mol. The fourth-order valence-corrected chi connectivity index (χ4v) is 4.26. The lowest BCUT2D eigenvalue weighted by molar-refractivity contribution is -0.126. The fourth-order valence-electron chi connectivity index (χ4n) is 4.26. The third-order valence-electron chi connectivity index (χ3n) is 7.10. The van der Waals surface area contributed by atoms with E-state index >= 15 is 0 Å². The normalized spacial score (nSPS) is 11.7. The lowest BCUT2D eigenvalue weighted by atomic mass is 10.3. The van der Waals surface area contributed by atoms with Crippen LogP contribution in [0, 0.1) is 0 Å². The van der Waals surface area contributed by atoms with Gasteiger partial charge in [0, 0.05) is 85.6 Å². The summed E-state index contributed by atoms with van der Waals surface area (Å²) in [4.78, 5) is 76.8. The predicted octanol–water partition coefficient (Wildman–Crippen LogP) is -4.65. The molecule has 0 aromatic heterocycles. The molecule has 0 atom stereocenters. The van der Waals surface area contributed by atoms with Crippen LogP contribution in [0.1, 0.15) is 0 Å². The van der Waals surface area contributed by atoms with Gasteiger partial charge in [-0.3, -0.25) is 38.7 Å². The highest BCUT2D eigenvalue weighted by Crippen LogP contribution is 1.98. The number of hydrogen-bond acceptors (Lipinski definition) is 12. The largest absolute Gasteiger partial charge is 0.358 e. The van der Waals surface area contributed by atoms with Gasteiger partial charge in [0.05, 0.1) is 32.7 Å². The molecule has 0 bridgehead atoms. The van der Waals surface area contributed by atoms with Gasteiger partial charge in [-0.15, -0.1) is 0 Å². The molecule has 5 amide bonds. The van der Waals surface area contributed by atoms with Gasteiger partial charge >= 0.3 is 0 Å². The molecule has 0 saturated heterocycles. The highest BCUT2D eigenvalue weighted by atomic mass is 16.2. The summed E-state index contributed by atoms with van der Waals surface area (Å²) in [6.07, 6.45) is 0. The molecule has 0 saturated carbocycles. The van der Waals surface area contributed by atoms with Crippen LogP contribution in [0.25, 0.3) is 0 Å². The average Bonchev–Trinajstić information content (AvgIpc) is 2.97. The van der Waals surface area contributed by atoms with Crippen molar-refractivity contribution in [3.63, 3.8) is 0 Å². The molecule has 5 N–H and O–H groups in total. The van der Waals surface area contributed by atoms with Crippen LogP contribution in [0.3, 0.4) is 0 Å². The van der Waals surface area contributed by atoms with Crippen molar-refractivity contribution >= 4 is 29.5 Å². The smallest absolute Gasteiger partial charge is 0.234 e. The van der Waals surface area contributed by atoms with E-state index in [0.29, 0.717) is 78.5 Å². The number of carbonyl (C=O) groups is 5. The van der Waals surface area contributed by atoms with Gasteiger partial charge in [0.15, 0.2) is 0 Å². The van der Waals surface area contributed by atoms with E-state index in [-0.39, 0.29) is 62.3 Å². The SMILES string of the molecule is CNC(=O)CN(CCN(CC(=O)NCCN(C)C)CC(=O)NCCN(C)C)CCN(CC(=O)NCCN(C)C)CC(=O)NCCN(C)C. The van der Waals surface area contributed by atoms with Gasteiger partial charge in [-0.2, -0.15) is 0 Å². The second kappa shape index (κ2) is 27.0. The first-order valence-corrected chi connectivity index (χ1v) is 16.6. The van der Waals surface area contributed by atoms with E-state index < -0.39 is 0 Å². The Morgan fingerprint density at radius 2 is 0.583 bits per heavy atom. The summed E-state index contributed by atoms with van der Waals surface area (Å²) >= 11 is 0. The number of amides is 5. The van der Waals surface area contributed by atoms with Crippen molar-refractivity contribution in [3.8, 4) is 0 Å². The van der Waals surface area contributed by atoms with Crippen molar-refractivity contribution in [1.29, 1.82) is 0 Å². The molecule has 0 unspecified atom stereocenters. The van der Waals surface area contributed by atoms with E-state index in [0.717, 1.165) is 0 Å². The molecule has 0 aliphatic heterocycles. The number of nitrogens with one attached hydrogen (secondary N) is 5. The Morgan fingerprint density at radius 1 is 0.354 bits per heavy atom. The van der Waals surface area contributed by atoms with Crippen LogP contribution in [0.15, 0.2) is 0 Å². The number of hydrogen-bond donors (Lipinski definition) is 5. The van der Waals surface area contributed by atoms with E-state index in [4.69, 9.17) is 0 Å². The Bertz CT molecular complexity index is 816. The molecule has 0 spiro atoms. The Kier molecular flexibility index (Phi) is 25.3. The van der Waals surface area contributed by atoms with Gasteiger partial charge in [0.2, 0.25) is 29.5 Å². The third-order valence-corrected chi connectivity index (χ3v) is 7.10. The number of carbonyl (C=O) groups excluding carboxylic acids is 5. The average molecular weight is 687 g/mol. The Hall–Kier alpha value is -2.93. The molecular formula is C31H66N12O5. The maximum absolute atomic E-state index is 12.8. The van der Waals surface area contributed by atoms with Crippen molar-refractivity contribution in [2.45, 2.75) is 0 Å². The number of likely N-dealkylation sites (N-methyl/N-ethyl adjacent to an activating group) is 5. The molecule has 0 fully saturated rings. The third kappa shape index (κ3) is 27.1. The lowest BCUT2D eigenvalue weighted by Crippen LogP contribution is -2.50. The summed E-state index contributed by atoms with van der Waals surface area (Å²) in [7, 11) is 17.0. The van der Waals surface area contributed by atoms with Crippen LogP contribution in [-0.2, 0) is 24.0 Å². The summed E-state index contributed by atoms with van der Waals surface area (Å²) < 4.78 is 0. The van der Waals surface area contributed by atoms with Crippen LogP contribution >= 0.6 is 0 Å². The van der Waals surface area contributed by atoms with Crippen molar-refractivity contribution in [1.82, 2.24) is 60.9 Å². The summed E-state index contributed by atoms with van der Waals surface area (Å²) in [6.45, 7) is 6.30. The number of rotatable bonds is 28. The minimum Gasteiger partial charge on any atom is -0.358 e. The molecule has 280 valence electrons. The van der Waals surface area contributed by atoms with Crippen LogP contribution in [0.4, 0.5) is 0 Å². The van der Waals surface area contributed by atoms with Gasteiger partial charge in [-0.05, 0) is 56.4 Å². The first kappa shape index (κ1) is 45.1. The minimum absolute atomic E-state index is 0.0225. The Balaban J connectivity index is 5.63. The van der Waals surface area contributed by atoms with E-state index in [1.165, 1.54) is 0 Å². The first-order valence-electron chi connectivity index (χ1n) is 16.6. The quantitative estimate of drug-likeness (QED) is 0.0535. The van der Waals surface area contributed by atoms with Crippen molar-refractivity contribution < 1.29 is 24.0 Å². The molecule has 48 heavy (non-hydrogen) atoms. The van der Waals surface area contributed by atoms with E-state index in [2.05, 4.69) is 26.6 Å². The number of nitrogens with zero attached hydrogens (tertiary/aromatic N) is 7. The zero-order valence-corrected chi connectivity index (χ0v) is 31.2. The predicted molar refractivity (Wildman–Crippen MR) is 190 cm³/mol. The molecule has 0 aliphatic carbocycles. The molecule has 0 aliphatic rings. The zero-order chi connectivity index (χ0) is 36.5. The molecular weight excluding hydrogens is 620 g/mol. The van der Waals surface area contributed by atoms with E-state index in [1.54, 1.807) is 16.8 Å². The second-order valence-electron chi connectivity index (χ2n) is 13.0. The molecule has 0 rings (SSSR count). The molecule has 0 heterocycles. The highest BCUT2D eigenvalue weighted by molar-refractivity contribution is 5.82. The second-order valence-corrected chi connectivity index (χ2v) is 13.0. The van der Waals surface area contributed by atoms with Gasteiger partial charge < -0.3 is 46.2 Å². The molecule has 17 nitrogen and oxygen atoms in total. The van der Waals surface area contributed by atoms with Crippen LogP contribution in [0.2, 0.25) is 0 Å². The van der Waals surface area contributed by atoms with Gasteiger partial charge in [-0.1, -0.05) is 0 Å². The summed E-state index contributed by atoms with van der Waals surface area (Å²) in [5.74, 6) is -0.964. The summed E-state index contributed by atoms with van der Waals surface area (Å²) in [6, 6.07) is 0. The summed E-state index contributed by atoms with van der Waals surface area (Å²) in [5, 5.41) is 14.2. The van der Waals surface area contributed by atoms with Gasteiger partial charge in [0.1, 0.15) is 0 Å². The lowest BCUT2D eigenvalue weighted by Gasteiger charge is -2.29. The summed E-state index contributed by atoms with van der Waals surface area (Å²) in [5.41, 5.74) is 0. The van der Waals surface area contributed by atoms with Crippen molar-refractivity contribution in [2.24, 2.45) is 0 Å². The Labute approximate surface area is 289 Å². The molecule has 17 heteroatoms. The first-order chi connectivity index (χ1) is 22.6. The zero-order valence-electron chi connectivity index (χ0n) is 31.2. The van der Waals surface area contributed by atoms with Crippen LogP contribution < -0.4 is 26.6 Å². The van der Waals surface area contributed by atoms with E-state index in [1.807, 2.05) is 80.9 Å². The Morgan fingerprint density at radius 3 is 0.812 bits per heavy atom. The van der Waals surface area contributed by atoms with Crippen LogP contribution in [-0.4, -0.2) is 239 Å². The van der Waals surface area contributed by atoms with Gasteiger partial charge in [0.25, 0.3) is 0 Å². The maximum atomic E-state index is 12.8. The fraction of sp³-hybridized carbons (Fsp3) is 0.839. The van der Waals surface area contributed by atoms with Gasteiger partial charge in [-0.25, -0.2) is 0 Å². The molecule has 0 aromatic carbocycles. The molecule has 0 aromatic rings. The topological polar surface area (TPSA) is 168 Å². The van der Waals surface area contributed by atoms with E-state index in [9.17, 15) is 24.0 Å².